The highest BCUT2D eigenvalue weighted by atomic mass is 32.1. The van der Waals surface area contributed by atoms with Crippen molar-refractivity contribution in [2.45, 2.75) is 18.9 Å². The van der Waals surface area contributed by atoms with Gasteiger partial charge in [-0.1, -0.05) is 30.3 Å². The normalized spacial score (nSPS) is 19.5. The second-order valence-corrected chi connectivity index (χ2v) is 6.81. The molecule has 3 rings (SSSR count). The molecule has 0 atom stereocenters. The molecule has 0 unspecified atom stereocenters. The van der Waals surface area contributed by atoms with E-state index in [-0.39, 0.29) is 11.9 Å². The van der Waals surface area contributed by atoms with Crippen molar-refractivity contribution >= 4 is 17.2 Å². The summed E-state index contributed by atoms with van der Waals surface area (Å²) in [6, 6.07) is 10.2. The zero-order chi connectivity index (χ0) is 16.2. The summed E-state index contributed by atoms with van der Waals surface area (Å²) in [5.74, 6) is 0.525. The number of carbonyl (C=O) groups is 1. The van der Waals surface area contributed by atoms with E-state index in [1.807, 2.05) is 42.3 Å². The van der Waals surface area contributed by atoms with Crippen LogP contribution in [0.25, 0.3) is 15.5 Å². The molecule has 0 saturated heterocycles. The minimum atomic E-state index is 0.0336. The van der Waals surface area contributed by atoms with Crippen LogP contribution in [-0.4, -0.2) is 35.4 Å². The van der Waals surface area contributed by atoms with E-state index in [0.29, 0.717) is 17.3 Å². The summed E-state index contributed by atoms with van der Waals surface area (Å²) in [5, 5.41) is 0.870. The molecule has 1 amide bonds. The van der Waals surface area contributed by atoms with Crippen molar-refractivity contribution in [1.29, 1.82) is 0 Å². The van der Waals surface area contributed by atoms with Crippen molar-refractivity contribution < 1.29 is 4.79 Å². The van der Waals surface area contributed by atoms with E-state index >= 15 is 0 Å². The van der Waals surface area contributed by atoms with Crippen LogP contribution >= 0.6 is 11.3 Å². The van der Waals surface area contributed by atoms with E-state index in [4.69, 9.17) is 6.57 Å². The fourth-order valence-electron chi connectivity index (χ4n) is 2.78. The van der Waals surface area contributed by atoms with Crippen LogP contribution in [0.1, 0.15) is 22.5 Å². The number of carbonyl (C=O) groups excluding carboxylic acids is 1. The molecular formula is C17H18N4OS. The van der Waals surface area contributed by atoms with Gasteiger partial charge in [0, 0.05) is 18.7 Å². The largest absolute Gasteiger partial charge is 0.338 e. The van der Waals surface area contributed by atoms with E-state index in [1.165, 1.54) is 11.3 Å². The number of thiazole rings is 1. The fraction of sp³-hybridized carbons (Fsp3) is 0.353. The van der Waals surface area contributed by atoms with Crippen molar-refractivity contribution in [3.8, 4) is 10.6 Å². The maximum Gasteiger partial charge on any atom is 0.265 e. The Labute approximate surface area is 139 Å². The van der Waals surface area contributed by atoms with Crippen molar-refractivity contribution in [3.63, 3.8) is 0 Å². The first-order valence-corrected chi connectivity index (χ1v) is 8.38. The van der Waals surface area contributed by atoms with Crippen LogP contribution in [-0.2, 0) is 0 Å². The molecule has 2 aromatic rings. The molecule has 23 heavy (non-hydrogen) atoms. The van der Waals surface area contributed by atoms with Gasteiger partial charge in [-0.15, -0.1) is 16.8 Å². The molecule has 5 nitrogen and oxygen atoms in total. The van der Waals surface area contributed by atoms with Crippen molar-refractivity contribution in [2.75, 3.05) is 13.6 Å². The Morgan fingerprint density at radius 1 is 1.43 bits per heavy atom. The minimum Gasteiger partial charge on any atom is -0.338 e. The first kappa shape index (κ1) is 15.5. The maximum atomic E-state index is 12.6. The van der Waals surface area contributed by atoms with Gasteiger partial charge in [-0.05, 0) is 18.8 Å². The fourth-order valence-corrected chi connectivity index (χ4v) is 3.69. The first-order valence-electron chi connectivity index (χ1n) is 7.56. The van der Waals surface area contributed by atoms with Gasteiger partial charge in [0.1, 0.15) is 9.88 Å². The number of benzene rings is 1. The van der Waals surface area contributed by atoms with Crippen molar-refractivity contribution in [1.82, 2.24) is 15.3 Å². The highest BCUT2D eigenvalue weighted by molar-refractivity contribution is 7.16. The van der Waals surface area contributed by atoms with Gasteiger partial charge in [-0.3, -0.25) is 4.79 Å². The lowest BCUT2D eigenvalue weighted by molar-refractivity contribution is 0.0557. The van der Waals surface area contributed by atoms with Crippen LogP contribution in [0.4, 0.5) is 0 Å². The number of rotatable bonds is 5. The summed E-state index contributed by atoms with van der Waals surface area (Å²) >= 11 is 1.43. The van der Waals surface area contributed by atoms with Gasteiger partial charge in [0.25, 0.3) is 5.91 Å². The van der Waals surface area contributed by atoms with E-state index in [0.717, 1.165) is 23.4 Å². The van der Waals surface area contributed by atoms with Crippen LogP contribution in [0.5, 0.6) is 0 Å². The van der Waals surface area contributed by atoms with E-state index < -0.39 is 0 Å². The zero-order valence-corrected chi connectivity index (χ0v) is 13.7. The zero-order valence-electron chi connectivity index (χ0n) is 12.9. The average Bonchev–Trinajstić information content (AvgIpc) is 3.03. The quantitative estimate of drug-likeness (QED) is 0.678. The number of hydrogen-bond donors (Lipinski definition) is 1. The number of amides is 1. The Morgan fingerprint density at radius 2 is 2.17 bits per heavy atom. The average molecular weight is 326 g/mol. The summed E-state index contributed by atoms with van der Waals surface area (Å²) in [6.45, 7) is 7.44. The SMILES string of the molecule is [C-]#[N+]NCC1CC(N(C)C(=O)c2cnc(-c3ccccc3)s2)C1. The second kappa shape index (κ2) is 6.80. The molecule has 1 aliphatic rings. The molecule has 0 aliphatic heterocycles. The molecule has 1 heterocycles. The molecule has 1 saturated carbocycles. The number of nitrogens with one attached hydrogen (secondary N) is 1. The molecule has 1 fully saturated rings. The highest BCUT2D eigenvalue weighted by Gasteiger charge is 2.35. The van der Waals surface area contributed by atoms with Gasteiger partial charge in [-0.2, -0.15) is 11.5 Å². The standard InChI is InChI=1S/C17H18N4OS/c1-18-20-10-12-8-14(9-12)21(2)17(22)15-11-19-16(23-15)13-6-4-3-5-7-13/h3-7,11-12,14,20H,8-10H2,2H3. The lowest BCUT2D eigenvalue weighted by atomic mass is 9.79. The van der Waals surface area contributed by atoms with E-state index in [9.17, 15) is 4.79 Å². The van der Waals surface area contributed by atoms with Crippen molar-refractivity contribution in [3.05, 3.63) is 52.9 Å². The van der Waals surface area contributed by atoms with Crippen molar-refractivity contribution in [2.24, 2.45) is 5.92 Å². The Morgan fingerprint density at radius 3 is 2.87 bits per heavy atom. The Bertz CT molecular complexity index is 716. The summed E-state index contributed by atoms with van der Waals surface area (Å²) < 4.78 is 0. The van der Waals surface area contributed by atoms with Gasteiger partial charge in [0.15, 0.2) is 0 Å². The Balaban J connectivity index is 1.61. The lowest BCUT2D eigenvalue weighted by Crippen LogP contribution is -2.47. The number of hydrogen-bond acceptors (Lipinski definition) is 4. The molecule has 118 valence electrons. The van der Waals surface area contributed by atoms with Gasteiger partial charge >= 0.3 is 0 Å². The third kappa shape index (κ3) is 3.35. The summed E-state index contributed by atoms with van der Waals surface area (Å²) in [5.41, 5.74) is 3.71. The third-order valence-electron chi connectivity index (χ3n) is 4.28. The molecule has 1 aromatic carbocycles. The lowest BCUT2D eigenvalue weighted by Gasteiger charge is -2.40. The Kier molecular flexibility index (Phi) is 4.58. The minimum absolute atomic E-state index is 0.0336. The molecule has 1 aliphatic carbocycles. The number of nitrogens with zero attached hydrogens (tertiary/aromatic N) is 3. The van der Waals surface area contributed by atoms with Crippen LogP contribution in [0.3, 0.4) is 0 Å². The second-order valence-electron chi connectivity index (χ2n) is 5.78. The van der Waals surface area contributed by atoms with Crippen LogP contribution in [0.2, 0.25) is 0 Å². The summed E-state index contributed by atoms with van der Waals surface area (Å²) in [7, 11) is 1.85. The maximum absolute atomic E-state index is 12.6. The van der Waals surface area contributed by atoms with Gasteiger partial charge in [0.2, 0.25) is 0 Å². The molecule has 0 spiro atoms. The predicted molar refractivity (Wildman–Crippen MR) is 90.8 cm³/mol. The van der Waals surface area contributed by atoms with Crippen LogP contribution < -0.4 is 5.43 Å². The molecule has 0 radical (unpaired) electrons. The number of aromatic nitrogens is 1. The monoisotopic (exact) mass is 326 g/mol. The molecule has 0 bridgehead atoms. The van der Waals surface area contributed by atoms with Gasteiger partial charge in [0.05, 0.1) is 12.7 Å². The summed E-state index contributed by atoms with van der Waals surface area (Å²) in [4.78, 5) is 22.6. The van der Waals surface area contributed by atoms with Crippen LogP contribution in [0, 0.1) is 12.5 Å². The van der Waals surface area contributed by atoms with E-state index in [2.05, 4.69) is 15.4 Å². The molecule has 6 heteroatoms. The topological polar surface area (TPSA) is 49.6 Å². The molecular weight excluding hydrogens is 308 g/mol. The Hall–Kier alpha value is -2.39. The summed E-state index contributed by atoms with van der Waals surface area (Å²) in [6.07, 6.45) is 3.58. The third-order valence-corrected chi connectivity index (χ3v) is 5.31. The predicted octanol–water partition coefficient (Wildman–Crippen LogP) is 3.08. The van der Waals surface area contributed by atoms with Gasteiger partial charge < -0.3 is 4.90 Å². The molecule has 1 aromatic heterocycles. The first-order chi connectivity index (χ1) is 11.2. The highest BCUT2D eigenvalue weighted by Crippen LogP contribution is 2.32. The van der Waals surface area contributed by atoms with Crippen LogP contribution in [0.15, 0.2) is 36.5 Å². The van der Waals surface area contributed by atoms with Gasteiger partial charge in [-0.25, -0.2) is 4.98 Å². The van der Waals surface area contributed by atoms with E-state index in [1.54, 1.807) is 6.20 Å². The smallest absolute Gasteiger partial charge is 0.265 e. The molecule has 1 N–H and O–H groups in total.